The van der Waals surface area contributed by atoms with E-state index in [4.69, 9.17) is 5.73 Å². The Labute approximate surface area is 59.5 Å². The number of hydrogen-bond donors (Lipinski definition) is 1. The maximum absolute atomic E-state index is 12.3. The first-order valence-corrected chi connectivity index (χ1v) is 2.64. The van der Waals surface area contributed by atoms with Crippen LogP contribution in [0.15, 0.2) is 36.5 Å². The molecule has 56 valence electrons. The largest absolute Gasteiger partial charge is 0.492 e. The van der Waals surface area contributed by atoms with E-state index in [2.05, 4.69) is 17.9 Å². The molecule has 2 N–H and O–H groups in total. The van der Waals surface area contributed by atoms with Crippen LogP contribution in [0.25, 0.3) is 0 Å². The quantitative estimate of drug-likeness (QED) is 0.479. The first kappa shape index (κ1) is 8.75. The summed E-state index contributed by atoms with van der Waals surface area (Å²) in [7, 11) is 1.32. The number of halogens is 1. The molecule has 0 rings (SSSR count). The van der Waals surface area contributed by atoms with Crippen LogP contribution >= 0.6 is 0 Å². The molecule has 0 amide bonds. The van der Waals surface area contributed by atoms with Crippen LogP contribution in [0, 0.1) is 0 Å². The van der Waals surface area contributed by atoms with E-state index in [0.717, 1.165) is 0 Å². The summed E-state index contributed by atoms with van der Waals surface area (Å²) in [5.41, 5.74) is 5.41. The second-order valence-electron chi connectivity index (χ2n) is 1.60. The summed E-state index contributed by atoms with van der Waals surface area (Å²) in [5, 5.41) is 0. The molecule has 10 heavy (non-hydrogen) atoms. The van der Waals surface area contributed by atoms with E-state index in [1.807, 2.05) is 0 Å². The maximum Gasteiger partial charge on any atom is 0.176 e. The van der Waals surface area contributed by atoms with Crippen molar-refractivity contribution in [2.24, 2.45) is 5.73 Å². The number of nitrogens with two attached hydrogens (primary N) is 1. The first-order valence-electron chi connectivity index (χ1n) is 2.64. The van der Waals surface area contributed by atoms with Gasteiger partial charge in [0.25, 0.3) is 0 Å². The second kappa shape index (κ2) is 3.71. The monoisotopic (exact) mass is 143 g/mol. The summed E-state index contributed by atoms with van der Waals surface area (Å²) < 4.78 is 16.9. The Morgan fingerprint density at radius 3 is 2.30 bits per heavy atom. The van der Waals surface area contributed by atoms with Crippen molar-refractivity contribution >= 4 is 0 Å². The molecule has 0 bridgehead atoms. The van der Waals surface area contributed by atoms with Crippen LogP contribution in [0.5, 0.6) is 0 Å². The van der Waals surface area contributed by atoms with Gasteiger partial charge in [0.05, 0.1) is 12.8 Å². The van der Waals surface area contributed by atoms with E-state index in [0.29, 0.717) is 0 Å². The molecule has 0 aliphatic rings. The Bertz CT molecular complexity index is 184. The van der Waals surface area contributed by atoms with Crippen LogP contribution in [0.4, 0.5) is 4.39 Å². The van der Waals surface area contributed by atoms with E-state index in [9.17, 15) is 4.39 Å². The van der Waals surface area contributed by atoms with Crippen molar-refractivity contribution in [3.05, 3.63) is 36.5 Å². The Hall–Kier alpha value is -1.25. The molecule has 0 heterocycles. The number of rotatable bonds is 3. The predicted molar refractivity (Wildman–Crippen MR) is 38.7 cm³/mol. The third-order valence-corrected chi connectivity index (χ3v) is 0.933. The van der Waals surface area contributed by atoms with Gasteiger partial charge in [0, 0.05) is 0 Å². The zero-order chi connectivity index (χ0) is 8.15. The molecule has 0 radical (unpaired) electrons. The minimum absolute atomic E-state index is 0.0602. The Kier molecular flexibility index (Phi) is 3.25. The Balaban J connectivity index is 4.62. The lowest BCUT2D eigenvalue weighted by Gasteiger charge is -2.03. The van der Waals surface area contributed by atoms with Crippen molar-refractivity contribution < 1.29 is 9.13 Å². The number of ether oxygens (including phenoxy) is 1. The SMILES string of the molecule is C=C/C(N)=C(/OC)C(=C)F. The first-order chi connectivity index (χ1) is 4.63. The molecule has 0 aliphatic carbocycles. The van der Waals surface area contributed by atoms with Crippen LogP contribution < -0.4 is 5.73 Å². The van der Waals surface area contributed by atoms with Crippen molar-refractivity contribution in [2.75, 3.05) is 7.11 Å². The fourth-order valence-corrected chi connectivity index (χ4v) is 0.478. The van der Waals surface area contributed by atoms with Crippen molar-refractivity contribution in [3.63, 3.8) is 0 Å². The van der Waals surface area contributed by atoms with Crippen LogP contribution in [0.3, 0.4) is 0 Å². The van der Waals surface area contributed by atoms with Crippen molar-refractivity contribution in [2.45, 2.75) is 0 Å². The smallest absolute Gasteiger partial charge is 0.176 e. The van der Waals surface area contributed by atoms with E-state index in [1.165, 1.54) is 13.2 Å². The normalized spacial score (nSPS) is 11.8. The highest BCUT2D eigenvalue weighted by atomic mass is 19.1. The van der Waals surface area contributed by atoms with E-state index >= 15 is 0 Å². The average Bonchev–Trinajstić information content (AvgIpc) is 1.88. The summed E-state index contributed by atoms with van der Waals surface area (Å²) >= 11 is 0. The van der Waals surface area contributed by atoms with Gasteiger partial charge in [0.2, 0.25) is 0 Å². The van der Waals surface area contributed by atoms with Crippen LogP contribution in [0.2, 0.25) is 0 Å². The minimum atomic E-state index is -0.695. The van der Waals surface area contributed by atoms with Crippen molar-refractivity contribution in [1.82, 2.24) is 0 Å². The van der Waals surface area contributed by atoms with Crippen LogP contribution in [-0.2, 0) is 4.74 Å². The van der Waals surface area contributed by atoms with Gasteiger partial charge < -0.3 is 10.5 Å². The summed E-state index contributed by atoms with van der Waals surface area (Å²) in [4.78, 5) is 0. The summed E-state index contributed by atoms with van der Waals surface area (Å²) in [6.45, 7) is 6.36. The van der Waals surface area contributed by atoms with Crippen molar-refractivity contribution in [1.29, 1.82) is 0 Å². The molecule has 0 aromatic carbocycles. The second-order valence-corrected chi connectivity index (χ2v) is 1.60. The summed E-state index contributed by atoms with van der Waals surface area (Å²) in [6.07, 6.45) is 1.30. The summed E-state index contributed by atoms with van der Waals surface area (Å²) in [5.74, 6) is -0.755. The lowest BCUT2D eigenvalue weighted by Crippen LogP contribution is -2.01. The molecule has 0 aromatic rings. The Morgan fingerprint density at radius 1 is 1.70 bits per heavy atom. The van der Waals surface area contributed by atoms with Gasteiger partial charge in [0.1, 0.15) is 0 Å². The topological polar surface area (TPSA) is 35.2 Å². The fourth-order valence-electron chi connectivity index (χ4n) is 0.478. The molecule has 0 spiro atoms. The zero-order valence-electron chi connectivity index (χ0n) is 5.86. The molecule has 0 fully saturated rings. The molecule has 0 unspecified atom stereocenters. The maximum atomic E-state index is 12.3. The van der Waals surface area contributed by atoms with Gasteiger partial charge in [0.15, 0.2) is 11.6 Å². The van der Waals surface area contributed by atoms with Crippen molar-refractivity contribution in [3.8, 4) is 0 Å². The molecular formula is C7H10FNO. The molecule has 0 atom stereocenters. The molecule has 3 heteroatoms. The number of allylic oxidation sites excluding steroid dienone is 2. The Morgan fingerprint density at radius 2 is 2.20 bits per heavy atom. The fraction of sp³-hybridized carbons (Fsp3) is 0.143. The van der Waals surface area contributed by atoms with Gasteiger partial charge in [-0.2, -0.15) is 0 Å². The third-order valence-electron chi connectivity index (χ3n) is 0.933. The molecule has 2 nitrogen and oxygen atoms in total. The van der Waals surface area contributed by atoms with Gasteiger partial charge in [-0.1, -0.05) is 13.2 Å². The highest BCUT2D eigenvalue weighted by Crippen LogP contribution is 2.11. The lowest BCUT2D eigenvalue weighted by molar-refractivity contribution is 0.280. The number of methoxy groups -OCH3 is 1. The molecule has 0 saturated carbocycles. The highest BCUT2D eigenvalue weighted by molar-refractivity contribution is 5.27. The molecule has 0 aromatic heterocycles. The summed E-state index contributed by atoms with van der Waals surface area (Å²) in [6, 6.07) is 0. The molecular weight excluding hydrogens is 133 g/mol. The van der Waals surface area contributed by atoms with Gasteiger partial charge in [-0.25, -0.2) is 4.39 Å². The van der Waals surface area contributed by atoms with Gasteiger partial charge in [-0.15, -0.1) is 0 Å². The minimum Gasteiger partial charge on any atom is -0.492 e. The average molecular weight is 143 g/mol. The predicted octanol–water partition coefficient (Wildman–Crippen LogP) is 1.47. The van der Waals surface area contributed by atoms with Gasteiger partial charge in [-0.3, -0.25) is 0 Å². The van der Waals surface area contributed by atoms with E-state index < -0.39 is 5.83 Å². The van der Waals surface area contributed by atoms with Crippen LogP contribution in [0.1, 0.15) is 0 Å². The molecule has 0 aliphatic heterocycles. The third kappa shape index (κ3) is 1.93. The molecule has 0 saturated heterocycles. The zero-order valence-corrected chi connectivity index (χ0v) is 5.86. The van der Waals surface area contributed by atoms with Gasteiger partial charge in [-0.05, 0) is 6.08 Å². The standard InChI is InChI=1S/C7H10FNO/c1-4-6(9)7(10-3)5(2)8/h4H,1-2,9H2,3H3/b7-6-. The van der Waals surface area contributed by atoms with E-state index in [1.54, 1.807) is 0 Å². The van der Waals surface area contributed by atoms with Crippen LogP contribution in [-0.4, -0.2) is 7.11 Å². The lowest BCUT2D eigenvalue weighted by atomic mass is 10.3. The van der Waals surface area contributed by atoms with Gasteiger partial charge >= 0.3 is 0 Å². The highest BCUT2D eigenvalue weighted by Gasteiger charge is 2.03. The van der Waals surface area contributed by atoms with E-state index in [-0.39, 0.29) is 11.5 Å². The number of hydrogen-bond acceptors (Lipinski definition) is 2.